The van der Waals surface area contributed by atoms with Crippen LogP contribution in [0.5, 0.6) is 23.0 Å². The van der Waals surface area contributed by atoms with E-state index in [0.29, 0.717) is 34.1 Å². The highest BCUT2D eigenvalue weighted by Gasteiger charge is 2.69. The largest absolute Gasteiger partial charge is 0.454 e. The number of hydrogen-bond donors (Lipinski definition) is 2. The summed E-state index contributed by atoms with van der Waals surface area (Å²) in [5, 5.41) is 22.9. The van der Waals surface area contributed by atoms with Crippen molar-refractivity contribution in [3.05, 3.63) is 47.5 Å². The van der Waals surface area contributed by atoms with Crippen LogP contribution < -0.4 is 18.9 Å². The summed E-state index contributed by atoms with van der Waals surface area (Å²) in [6.45, 7) is 0.186. The number of rotatable bonds is 2. The molecule has 0 spiro atoms. The molecule has 146 valence electrons. The number of hydrogen-bond acceptors (Lipinski definition) is 8. The van der Waals surface area contributed by atoms with Gasteiger partial charge in [0.25, 0.3) is 0 Å². The summed E-state index contributed by atoms with van der Waals surface area (Å²) in [7, 11) is 0. The van der Waals surface area contributed by atoms with Crippen LogP contribution in [-0.2, 0) is 9.47 Å². The van der Waals surface area contributed by atoms with Gasteiger partial charge in [0.2, 0.25) is 13.6 Å². The zero-order valence-corrected chi connectivity index (χ0v) is 14.8. The van der Waals surface area contributed by atoms with Crippen molar-refractivity contribution in [1.29, 1.82) is 0 Å². The first-order valence-corrected chi connectivity index (χ1v) is 9.06. The van der Waals surface area contributed by atoms with Crippen molar-refractivity contribution >= 4 is 0 Å². The lowest BCUT2D eigenvalue weighted by Crippen LogP contribution is -2.54. The van der Waals surface area contributed by atoms with Crippen LogP contribution in [0.4, 0.5) is 0 Å². The van der Waals surface area contributed by atoms with Crippen LogP contribution in [0.3, 0.4) is 0 Å². The summed E-state index contributed by atoms with van der Waals surface area (Å²) in [4.78, 5) is 0. The Balaban J connectivity index is 1.35. The molecule has 4 aliphatic rings. The third-order valence-electron chi connectivity index (χ3n) is 5.96. The average Bonchev–Trinajstić information content (AvgIpc) is 3.43. The molecule has 0 bridgehead atoms. The first-order valence-electron chi connectivity index (χ1n) is 9.06. The Morgan fingerprint density at radius 3 is 1.54 bits per heavy atom. The predicted molar refractivity (Wildman–Crippen MR) is 92.4 cm³/mol. The van der Waals surface area contributed by atoms with Gasteiger partial charge in [-0.25, -0.2) is 0 Å². The first kappa shape index (κ1) is 16.4. The second-order valence-corrected chi connectivity index (χ2v) is 7.46. The van der Waals surface area contributed by atoms with Crippen LogP contribution >= 0.6 is 0 Å². The van der Waals surface area contributed by atoms with E-state index >= 15 is 0 Å². The van der Waals surface area contributed by atoms with Gasteiger partial charge in [0, 0.05) is 0 Å². The molecule has 4 atom stereocenters. The van der Waals surface area contributed by atoms with Crippen LogP contribution in [0, 0.1) is 0 Å². The van der Waals surface area contributed by atoms with Crippen molar-refractivity contribution in [2.75, 3.05) is 26.8 Å². The summed E-state index contributed by atoms with van der Waals surface area (Å²) in [6, 6.07) is 10.7. The predicted octanol–water partition coefficient (Wildman–Crippen LogP) is 1.45. The molecule has 4 heterocycles. The fourth-order valence-corrected chi connectivity index (χ4v) is 4.45. The highest BCUT2D eigenvalue weighted by Crippen LogP contribution is 2.56. The van der Waals surface area contributed by atoms with E-state index < -0.39 is 23.4 Å². The first-order chi connectivity index (χ1) is 13.6. The second-order valence-electron chi connectivity index (χ2n) is 7.46. The second kappa shape index (κ2) is 5.51. The highest BCUT2D eigenvalue weighted by molar-refractivity contribution is 5.48. The maximum atomic E-state index is 11.4. The molecule has 28 heavy (non-hydrogen) atoms. The molecule has 2 unspecified atom stereocenters. The SMILES string of the molecule is O[C@]12COC(c3ccc4c(c3)OCO4)[C@@]1(O)COC2c1ccc2c(c1)OCO2. The molecular formula is C20H18O8. The fraction of sp³-hybridized carbons (Fsp3) is 0.400. The Hall–Kier alpha value is -2.52. The Labute approximate surface area is 160 Å². The average molecular weight is 386 g/mol. The maximum absolute atomic E-state index is 11.4. The molecule has 8 heteroatoms. The number of ether oxygens (including phenoxy) is 6. The topological polar surface area (TPSA) is 95.8 Å². The lowest BCUT2D eigenvalue weighted by Gasteiger charge is -2.34. The van der Waals surface area contributed by atoms with Gasteiger partial charge >= 0.3 is 0 Å². The quantitative estimate of drug-likeness (QED) is 0.801. The van der Waals surface area contributed by atoms with Crippen molar-refractivity contribution in [3.63, 3.8) is 0 Å². The van der Waals surface area contributed by atoms with Gasteiger partial charge in [-0.05, 0) is 35.4 Å². The summed E-state index contributed by atoms with van der Waals surface area (Å²) in [5.74, 6) is 2.47. The Kier molecular flexibility index (Phi) is 3.24. The Morgan fingerprint density at radius 1 is 0.643 bits per heavy atom. The zero-order valence-electron chi connectivity index (χ0n) is 14.8. The van der Waals surface area contributed by atoms with E-state index in [1.54, 1.807) is 36.4 Å². The van der Waals surface area contributed by atoms with E-state index in [9.17, 15) is 10.2 Å². The van der Waals surface area contributed by atoms with E-state index in [1.807, 2.05) is 0 Å². The molecule has 8 nitrogen and oxygen atoms in total. The smallest absolute Gasteiger partial charge is 0.231 e. The van der Waals surface area contributed by atoms with Crippen molar-refractivity contribution in [2.45, 2.75) is 23.4 Å². The van der Waals surface area contributed by atoms with Crippen molar-refractivity contribution in [3.8, 4) is 23.0 Å². The molecule has 4 aliphatic heterocycles. The van der Waals surface area contributed by atoms with Gasteiger partial charge in [-0.2, -0.15) is 0 Å². The Morgan fingerprint density at radius 2 is 1.07 bits per heavy atom. The van der Waals surface area contributed by atoms with E-state index in [-0.39, 0.29) is 26.8 Å². The van der Waals surface area contributed by atoms with Crippen LogP contribution in [0.1, 0.15) is 23.3 Å². The lowest BCUT2D eigenvalue weighted by molar-refractivity contribution is -0.113. The molecule has 2 fully saturated rings. The van der Waals surface area contributed by atoms with Gasteiger partial charge in [0.1, 0.15) is 12.2 Å². The van der Waals surface area contributed by atoms with E-state index in [2.05, 4.69) is 0 Å². The minimum atomic E-state index is -1.61. The summed E-state index contributed by atoms with van der Waals surface area (Å²) in [5.41, 5.74) is -1.83. The highest BCUT2D eigenvalue weighted by atomic mass is 16.7. The summed E-state index contributed by atoms with van der Waals surface area (Å²) < 4.78 is 33.3. The van der Waals surface area contributed by atoms with Crippen LogP contribution in [-0.4, -0.2) is 48.2 Å². The molecule has 2 aromatic carbocycles. The van der Waals surface area contributed by atoms with Crippen molar-refractivity contribution < 1.29 is 38.6 Å². The number of benzene rings is 2. The number of aliphatic hydroxyl groups is 2. The minimum Gasteiger partial charge on any atom is -0.454 e. The number of fused-ring (bicyclic) bond motifs is 3. The van der Waals surface area contributed by atoms with Crippen LogP contribution in [0.15, 0.2) is 36.4 Å². The van der Waals surface area contributed by atoms with Gasteiger partial charge in [-0.15, -0.1) is 0 Å². The van der Waals surface area contributed by atoms with Crippen LogP contribution in [0.25, 0.3) is 0 Å². The molecule has 0 aromatic heterocycles. The van der Waals surface area contributed by atoms with Crippen LogP contribution in [0.2, 0.25) is 0 Å². The third-order valence-corrected chi connectivity index (χ3v) is 5.96. The molecule has 6 rings (SSSR count). The van der Waals surface area contributed by atoms with Gasteiger partial charge in [-0.1, -0.05) is 12.1 Å². The van der Waals surface area contributed by atoms with Gasteiger partial charge in [-0.3, -0.25) is 0 Å². The fourth-order valence-electron chi connectivity index (χ4n) is 4.45. The molecule has 2 saturated heterocycles. The van der Waals surface area contributed by atoms with Crippen molar-refractivity contribution in [2.24, 2.45) is 0 Å². The van der Waals surface area contributed by atoms with E-state index in [0.717, 1.165) is 0 Å². The maximum Gasteiger partial charge on any atom is 0.231 e. The monoisotopic (exact) mass is 386 g/mol. The molecule has 0 aliphatic carbocycles. The third kappa shape index (κ3) is 2.03. The molecule has 0 saturated carbocycles. The summed E-state index contributed by atoms with van der Waals surface area (Å²) in [6.07, 6.45) is -1.52. The minimum absolute atomic E-state index is 0.0677. The van der Waals surface area contributed by atoms with Gasteiger partial charge in [0.05, 0.1) is 13.2 Å². The normalized spacial score (nSPS) is 34.6. The van der Waals surface area contributed by atoms with Gasteiger partial charge in [0.15, 0.2) is 34.2 Å². The van der Waals surface area contributed by atoms with Gasteiger partial charge < -0.3 is 38.6 Å². The molecule has 2 aromatic rings. The molecule has 0 radical (unpaired) electrons. The van der Waals surface area contributed by atoms with E-state index in [4.69, 9.17) is 28.4 Å². The molecule has 0 amide bonds. The lowest BCUT2D eigenvalue weighted by atomic mass is 9.77. The Bertz CT molecular complexity index is 884. The van der Waals surface area contributed by atoms with E-state index in [1.165, 1.54) is 0 Å². The summed E-state index contributed by atoms with van der Waals surface area (Å²) >= 11 is 0. The van der Waals surface area contributed by atoms with Crippen molar-refractivity contribution in [1.82, 2.24) is 0 Å². The zero-order chi connectivity index (χ0) is 18.9. The molecular weight excluding hydrogens is 368 g/mol. The standard InChI is InChI=1S/C20H18O8/c21-19-7-24-18(12-2-4-14-16(6-12)28-10-26-14)20(19,22)8-23-17(19)11-1-3-13-15(5-11)27-9-25-13/h1-6,17-18,21-22H,7-10H2/t17?,18?,19-,20-/m0/s1. The molecule has 2 N–H and O–H groups in total.